The Kier molecular flexibility index (Phi) is 4.07. The van der Waals surface area contributed by atoms with E-state index in [0.29, 0.717) is 22.8 Å². The standard InChI is InChI=1S/C13H16ClN3O2/c1-7(2)15-6-13(19)17-11-3-8-4-12(18)16-10(8)5-9(11)14/h3,5,7,15H,4,6H2,1-2H3,(H,16,18)(H,17,19). The van der Waals surface area contributed by atoms with E-state index in [4.69, 9.17) is 11.6 Å². The molecule has 2 rings (SSSR count). The van der Waals surface area contributed by atoms with E-state index in [9.17, 15) is 9.59 Å². The van der Waals surface area contributed by atoms with Crippen LogP contribution in [0, 0.1) is 0 Å². The predicted octanol–water partition coefficient (Wildman–Crippen LogP) is 1.77. The topological polar surface area (TPSA) is 70.2 Å². The van der Waals surface area contributed by atoms with Gasteiger partial charge in [-0.2, -0.15) is 0 Å². The third-order valence-electron chi connectivity index (χ3n) is 2.76. The van der Waals surface area contributed by atoms with Gasteiger partial charge in [-0.15, -0.1) is 0 Å². The van der Waals surface area contributed by atoms with Gasteiger partial charge in [0.25, 0.3) is 0 Å². The Labute approximate surface area is 116 Å². The van der Waals surface area contributed by atoms with Crippen molar-refractivity contribution < 1.29 is 9.59 Å². The summed E-state index contributed by atoms with van der Waals surface area (Å²) in [5.41, 5.74) is 2.10. The molecular weight excluding hydrogens is 266 g/mol. The lowest BCUT2D eigenvalue weighted by molar-refractivity contribution is -0.116. The highest BCUT2D eigenvalue weighted by Gasteiger charge is 2.20. The largest absolute Gasteiger partial charge is 0.325 e. The first kappa shape index (κ1) is 13.8. The molecule has 0 unspecified atom stereocenters. The maximum atomic E-state index is 11.7. The number of halogens is 1. The molecule has 1 aliphatic rings. The SMILES string of the molecule is CC(C)NCC(=O)Nc1cc2c(cc1Cl)NC(=O)C2. The second-order valence-electron chi connectivity index (χ2n) is 4.80. The van der Waals surface area contributed by atoms with Crippen LogP contribution in [0.3, 0.4) is 0 Å². The van der Waals surface area contributed by atoms with Crippen LogP contribution in [0.25, 0.3) is 0 Å². The molecule has 0 fully saturated rings. The quantitative estimate of drug-likeness (QED) is 0.788. The summed E-state index contributed by atoms with van der Waals surface area (Å²) in [6.07, 6.45) is 0.319. The van der Waals surface area contributed by atoms with Crippen molar-refractivity contribution in [3.63, 3.8) is 0 Å². The van der Waals surface area contributed by atoms with Crippen molar-refractivity contribution in [1.29, 1.82) is 0 Å². The zero-order valence-electron chi connectivity index (χ0n) is 10.8. The van der Waals surface area contributed by atoms with E-state index in [1.54, 1.807) is 12.1 Å². The lowest BCUT2D eigenvalue weighted by atomic mass is 10.1. The van der Waals surface area contributed by atoms with Crippen LogP contribution in [0.4, 0.5) is 11.4 Å². The Morgan fingerprint density at radius 1 is 1.47 bits per heavy atom. The van der Waals surface area contributed by atoms with Crippen molar-refractivity contribution in [3.05, 3.63) is 22.7 Å². The average Bonchev–Trinajstić information content (AvgIpc) is 2.66. The van der Waals surface area contributed by atoms with Gasteiger partial charge in [-0.3, -0.25) is 9.59 Å². The highest BCUT2D eigenvalue weighted by Crippen LogP contribution is 2.32. The molecule has 102 valence electrons. The van der Waals surface area contributed by atoms with E-state index in [-0.39, 0.29) is 24.4 Å². The van der Waals surface area contributed by atoms with Crippen LogP contribution in [0.15, 0.2) is 12.1 Å². The molecule has 19 heavy (non-hydrogen) atoms. The number of hydrogen-bond donors (Lipinski definition) is 3. The number of benzene rings is 1. The van der Waals surface area contributed by atoms with E-state index in [1.807, 2.05) is 13.8 Å². The van der Waals surface area contributed by atoms with E-state index < -0.39 is 0 Å². The molecule has 0 radical (unpaired) electrons. The fourth-order valence-corrected chi connectivity index (χ4v) is 2.05. The molecule has 2 amide bonds. The van der Waals surface area contributed by atoms with Gasteiger partial charge in [0.1, 0.15) is 0 Å². The van der Waals surface area contributed by atoms with E-state index >= 15 is 0 Å². The first-order valence-corrected chi connectivity index (χ1v) is 6.49. The van der Waals surface area contributed by atoms with Crippen LogP contribution >= 0.6 is 11.6 Å². The molecule has 0 spiro atoms. The fourth-order valence-electron chi connectivity index (χ4n) is 1.84. The summed E-state index contributed by atoms with van der Waals surface area (Å²) >= 11 is 6.08. The van der Waals surface area contributed by atoms with Gasteiger partial charge in [0.05, 0.1) is 23.7 Å². The lowest BCUT2D eigenvalue weighted by Crippen LogP contribution is -2.32. The summed E-state index contributed by atoms with van der Waals surface area (Å²) in [6, 6.07) is 3.64. The molecule has 1 aromatic carbocycles. The van der Waals surface area contributed by atoms with Crippen LogP contribution in [0.5, 0.6) is 0 Å². The van der Waals surface area contributed by atoms with Crippen molar-refractivity contribution in [3.8, 4) is 0 Å². The fraction of sp³-hybridized carbons (Fsp3) is 0.385. The van der Waals surface area contributed by atoms with Crippen LogP contribution < -0.4 is 16.0 Å². The van der Waals surface area contributed by atoms with Gasteiger partial charge in [0.2, 0.25) is 11.8 Å². The van der Waals surface area contributed by atoms with Gasteiger partial charge >= 0.3 is 0 Å². The van der Waals surface area contributed by atoms with Crippen molar-refractivity contribution in [2.45, 2.75) is 26.3 Å². The van der Waals surface area contributed by atoms with Crippen molar-refractivity contribution >= 4 is 34.8 Å². The monoisotopic (exact) mass is 281 g/mol. The van der Waals surface area contributed by atoms with Crippen LogP contribution in [0.1, 0.15) is 19.4 Å². The van der Waals surface area contributed by atoms with Crippen LogP contribution in [0.2, 0.25) is 5.02 Å². The molecule has 0 atom stereocenters. The molecule has 1 aromatic rings. The zero-order chi connectivity index (χ0) is 14.0. The summed E-state index contributed by atoms with van der Waals surface area (Å²) in [7, 11) is 0. The smallest absolute Gasteiger partial charge is 0.238 e. The van der Waals surface area contributed by atoms with E-state index in [0.717, 1.165) is 5.56 Å². The third-order valence-corrected chi connectivity index (χ3v) is 3.08. The molecule has 0 saturated heterocycles. The maximum absolute atomic E-state index is 11.7. The predicted molar refractivity (Wildman–Crippen MR) is 75.6 cm³/mol. The van der Waals surface area contributed by atoms with Gasteiger partial charge in [-0.25, -0.2) is 0 Å². The minimum absolute atomic E-state index is 0.0592. The Hall–Kier alpha value is -1.59. The Morgan fingerprint density at radius 3 is 2.89 bits per heavy atom. The van der Waals surface area contributed by atoms with Crippen LogP contribution in [-0.4, -0.2) is 24.4 Å². The molecular formula is C13H16ClN3O2. The summed E-state index contributed by atoms with van der Waals surface area (Å²) < 4.78 is 0. The Balaban J connectivity index is 2.07. The van der Waals surface area contributed by atoms with Crippen molar-refractivity contribution in [2.75, 3.05) is 17.2 Å². The summed E-state index contributed by atoms with van der Waals surface area (Å²) in [6.45, 7) is 4.15. The molecule has 6 heteroatoms. The molecule has 5 nitrogen and oxygen atoms in total. The van der Waals surface area contributed by atoms with Gasteiger partial charge in [-0.05, 0) is 17.7 Å². The number of amides is 2. The Morgan fingerprint density at radius 2 is 2.21 bits per heavy atom. The van der Waals surface area contributed by atoms with Gasteiger partial charge in [0, 0.05) is 11.7 Å². The summed E-state index contributed by atoms with van der Waals surface area (Å²) in [5.74, 6) is -0.219. The average molecular weight is 282 g/mol. The van der Waals surface area contributed by atoms with Crippen molar-refractivity contribution in [2.24, 2.45) is 0 Å². The zero-order valence-corrected chi connectivity index (χ0v) is 11.6. The van der Waals surface area contributed by atoms with Gasteiger partial charge in [0.15, 0.2) is 0 Å². The third kappa shape index (κ3) is 3.45. The second-order valence-corrected chi connectivity index (χ2v) is 5.21. The number of fused-ring (bicyclic) bond motifs is 1. The summed E-state index contributed by atoms with van der Waals surface area (Å²) in [4.78, 5) is 23.0. The number of anilines is 2. The Bertz CT molecular complexity index is 529. The molecule has 3 N–H and O–H groups in total. The minimum atomic E-state index is -0.159. The van der Waals surface area contributed by atoms with Crippen molar-refractivity contribution in [1.82, 2.24) is 5.32 Å². The highest BCUT2D eigenvalue weighted by molar-refractivity contribution is 6.34. The molecule has 0 aliphatic carbocycles. The number of rotatable bonds is 4. The number of hydrogen-bond acceptors (Lipinski definition) is 3. The van der Waals surface area contributed by atoms with Gasteiger partial charge < -0.3 is 16.0 Å². The highest BCUT2D eigenvalue weighted by atomic mass is 35.5. The number of carbonyl (C=O) groups is 2. The normalized spacial score (nSPS) is 13.4. The van der Waals surface area contributed by atoms with Crippen LogP contribution in [-0.2, 0) is 16.0 Å². The molecule has 1 heterocycles. The molecule has 0 aromatic heterocycles. The van der Waals surface area contributed by atoms with E-state index in [2.05, 4.69) is 16.0 Å². The lowest BCUT2D eigenvalue weighted by Gasteiger charge is -2.11. The molecule has 1 aliphatic heterocycles. The minimum Gasteiger partial charge on any atom is -0.325 e. The number of nitrogens with one attached hydrogen (secondary N) is 3. The maximum Gasteiger partial charge on any atom is 0.238 e. The number of carbonyl (C=O) groups excluding carboxylic acids is 2. The van der Waals surface area contributed by atoms with E-state index in [1.165, 1.54) is 0 Å². The molecule has 0 bridgehead atoms. The molecule has 0 saturated carbocycles. The first-order valence-electron chi connectivity index (χ1n) is 6.11. The van der Waals surface area contributed by atoms with Gasteiger partial charge in [-0.1, -0.05) is 25.4 Å². The second kappa shape index (κ2) is 5.59. The summed E-state index contributed by atoms with van der Waals surface area (Å²) in [5, 5.41) is 8.89. The first-order chi connectivity index (χ1) is 8.95.